The lowest BCUT2D eigenvalue weighted by molar-refractivity contribution is -0.159. The monoisotopic (exact) mass is 483 g/mol. The van der Waals surface area contributed by atoms with E-state index in [1.54, 1.807) is 0 Å². The van der Waals surface area contributed by atoms with Crippen LogP contribution < -0.4 is 0 Å². The number of aliphatic hydroxyl groups excluding tert-OH is 1. The van der Waals surface area contributed by atoms with E-state index in [2.05, 4.69) is 18.8 Å². The topological polar surface area (TPSA) is 85.2 Å². The van der Waals surface area contributed by atoms with Gasteiger partial charge in [0.05, 0.1) is 6.61 Å². The third kappa shape index (κ3) is 21.3. The zero-order valence-corrected chi connectivity index (χ0v) is 22.2. The summed E-state index contributed by atoms with van der Waals surface area (Å²) in [6.45, 7) is 4.54. The Labute approximate surface area is 209 Å². The highest BCUT2D eigenvalue weighted by Gasteiger charge is 2.25. The van der Waals surface area contributed by atoms with Crippen LogP contribution in [0.1, 0.15) is 142 Å². The van der Waals surface area contributed by atoms with Crippen molar-refractivity contribution in [1.29, 1.82) is 0 Å². The molecule has 6 nitrogen and oxygen atoms in total. The van der Waals surface area contributed by atoms with Gasteiger partial charge in [0.15, 0.2) is 0 Å². The van der Waals surface area contributed by atoms with E-state index in [0.29, 0.717) is 6.61 Å². The summed E-state index contributed by atoms with van der Waals surface area (Å²) in [5.74, 6) is -0.409. The van der Waals surface area contributed by atoms with Gasteiger partial charge in [-0.3, -0.25) is 4.79 Å². The SMILES string of the molecule is CCCCCCCCCCCCOC(CO)C(N=C=O)OC(=O)CCCCCCCCCCC. The Morgan fingerprint density at radius 1 is 0.735 bits per heavy atom. The van der Waals surface area contributed by atoms with E-state index in [0.717, 1.165) is 32.1 Å². The lowest BCUT2D eigenvalue weighted by Gasteiger charge is -2.21. The first-order chi connectivity index (χ1) is 16.7. The number of unbranched alkanes of at least 4 members (excludes halogenated alkanes) is 17. The Morgan fingerprint density at radius 3 is 1.62 bits per heavy atom. The fraction of sp³-hybridized carbons (Fsp3) is 0.929. The van der Waals surface area contributed by atoms with E-state index < -0.39 is 18.3 Å². The fourth-order valence-electron chi connectivity index (χ4n) is 4.06. The molecule has 0 fully saturated rings. The molecule has 0 heterocycles. The number of nitrogens with zero attached hydrogens (tertiary/aromatic N) is 1. The van der Waals surface area contributed by atoms with E-state index in [-0.39, 0.29) is 13.0 Å². The standard InChI is InChI=1S/C28H53NO5/c1-3-5-7-9-11-13-15-17-19-21-23-33-26(24-30)28(29-25-31)34-27(32)22-20-18-16-14-12-10-8-6-4-2/h26,28,30H,3-24H2,1-2H3. The van der Waals surface area contributed by atoms with Crippen molar-refractivity contribution in [2.45, 2.75) is 155 Å². The molecule has 0 aromatic carbocycles. The van der Waals surface area contributed by atoms with E-state index >= 15 is 0 Å². The Kier molecular flexibility index (Phi) is 25.4. The molecule has 0 rings (SSSR count). The third-order valence-electron chi connectivity index (χ3n) is 6.24. The molecule has 2 unspecified atom stereocenters. The van der Waals surface area contributed by atoms with Crippen molar-refractivity contribution in [1.82, 2.24) is 0 Å². The maximum Gasteiger partial charge on any atom is 0.307 e. The van der Waals surface area contributed by atoms with Crippen LogP contribution in [0.5, 0.6) is 0 Å². The number of aliphatic hydroxyl groups is 1. The number of isocyanates is 1. The molecule has 0 aliphatic heterocycles. The highest BCUT2D eigenvalue weighted by atomic mass is 16.6. The number of aliphatic imine (C=N–C) groups is 1. The normalized spacial score (nSPS) is 12.8. The number of carbonyl (C=O) groups is 1. The quantitative estimate of drug-likeness (QED) is 0.0599. The van der Waals surface area contributed by atoms with Gasteiger partial charge in [0.1, 0.15) is 6.10 Å². The zero-order chi connectivity index (χ0) is 25.1. The molecule has 0 aromatic rings. The Bertz CT molecular complexity index is 493. The van der Waals surface area contributed by atoms with Gasteiger partial charge >= 0.3 is 5.97 Å². The third-order valence-corrected chi connectivity index (χ3v) is 6.24. The molecular formula is C28H53NO5. The van der Waals surface area contributed by atoms with E-state index in [1.165, 1.54) is 96.0 Å². The van der Waals surface area contributed by atoms with Gasteiger partial charge in [-0.15, -0.1) is 0 Å². The minimum Gasteiger partial charge on any atom is -0.436 e. The van der Waals surface area contributed by atoms with Crippen LogP contribution in [0.2, 0.25) is 0 Å². The van der Waals surface area contributed by atoms with Crippen molar-refractivity contribution in [2.75, 3.05) is 13.2 Å². The highest BCUT2D eigenvalue weighted by Crippen LogP contribution is 2.14. The zero-order valence-electron chi connectivity index (χ0n) is 22.2. The molecule has 1 N–H and O–H groups in total. The first-order valence-corrected chi connectivity index (χ1v) is 14.2. The van der Waals surface area contributed by atoms with Crippen LogP contribution in [-0.4, -0.2) is 42.7 Å². The van der Waals surface area contributed by atoms with Crippen LogP contribution in [0.4, 0.5) is 0 Å². The maximum absolute atomic E-state index is 12.2. The van der Waals surface area contributed by atoms with Crippen molar-refractivity contribution >= 4 is 12.0 Å². The summed E-state index contributed by atoms with van der Waals surface area (Å²) in [6, 6.07) is 0. The van der Waals surface area contributed by atoms with Crippen LogP contribution in [0.15, 0.2) is 4.99 Å². The molecule has 6 heteroatoms. The van der Waals surface area contributed by atoms with Gasteiger partial charge < -0.3 is 14.6 Å². The molecule has 34 heavy (non-hydrogen) atoms. The van der Waals surface area contributed by atoms with Gasteiger partial charge in [-0.2, -0.15) is 4.99 Å². The van der Waals surface area contributed by atoms with Gasteiger partial charge in [-0.25, -0.2) is 4.79 Å². The average molecular weight is 484 g/mol. The summed E-state index contributed by atoms with van der Waals surface area (Å²) >= 11 is 0. The molecule has 0 aromatic heterocycles. The minimum atomic E-state index is -1.13. The molecule has 0 saturated carbocycles. The predicted molar refractivity (Wildman–Crippen MR) is 139 cm³/mol. The van der Waals surface area contributed by atoms with Crippen LogP contribution in [0.25, 0.3) is 0 Å². The second-order valence-electron chi connectivity index (χ2n) is 9.45. The van der Waals surface area contributed by atoms with Crippen molar-refractivity contribution in [3.8, 4) is 0 Å². The van der Waals surface area contributed by atoms with Crippen LogP contribution >= 0.6 is 0 Å². The van der Waals surface area contributed by atoms with Crippen molar-refractivity contribution < 1.29 is 24.2 Å². The molecule has 0 radical (unpaired) electrons. The molecule has 0 aliphatic rings. The van der Waals surface area contributed by atoms with E-state index in [4.69, 9.17) is 9.47 Å². The number of hydrogen-bond donors (Lipinski definition) is 1. The lowest BCUT2D eigenvalue weighted by Crippen LogP contribution is -2.35. The first kappa shape index (κ1) is 32.8. The van der Waals surface area contributed by atoms with Gasteiger partial charge in [0, 0.05) is 13.0 Å². The number of esters is 1. The average Bonchev–Trinajstić information content (AvgIpc) is 2.83. The highest BCUT2D eigenvalue weighted by molar-refractivity contribution is 5.69. The van der Waals surface area contributed by atoms with Crippen molar-refractivity contribution in [3.63, 3.8) is 0 Å². The smallest absolute Gasteiger partial charge is 0.307 e. The summed E-state index contributed by atoms with van der Waals surface area (Å²) in [4.78, 5) is 26.5. The summed E-state index contributed by atoms with van der Waals surface area (Å²) in [5, 5.41) is 9.64. The van der Waals surface area contributed by atoms with E-state index in [1.807, 2.05) is 0 Å². The van der Waals surface area contributed by atoms with Gasteiger partial charge in [0.2, 0.25) is 12.3 Å². The lowest BCUT2D eigenvalue weighted by atomic mass is 10.1. The molecule has 0 spiro atoms. The van der Waals surface area contributed by atoms with Crippen molar-refractivity contribution in [2.24, 2.45) is 4.99 Å². The number of hydrogen-bond acceptors (Lipinski definition) is 6. The second-order valence-corrected chi connectivity index (χ2v) is 9.45. The summed E-state index contributed by atoms with van der Waals surface area (Å²) < 4.78 is 11.0. The molecule has 0 bridgehead atoms. The number of rotatable bonds is 26. The number of carbonyl (C=O) groups excluding carboxylic acids is 2. The molecule has 0 amide bonds. The van der Waals surface area contributed by atoms with Crippen LogP contribution in [0, 0.1) is 0 Å². The predicted octanol–water partition coefficient (Wildman–Crippen LogP) is 7.41. The second kappa shape index (κ2) is 26.4. The van der Waals surface area contributed by atoms with Crippen LogP contribution in [0.3, 0.4) is 0 Å². The van der Waals surface area contributed by atoms with Gasteiger partial charge in [-0.05, 0) is 12.8 Å². The Morgan fingerprint density at radius 2 is 1.18 bits per heavy atom. The van der Waals surface area contributed by atoms with Crippen LogP contribution in [-0.2, 0) is 19.1 Å². The fourth-order valence-corrected chi connectivity index (χ4v) is 4.06. The Balaban J connectivity index is 3.93. The summed E-state index contributed by atoms with van der Waals surface area (Å²) in [7, 11) is 0. The molecule has 2 atom stereocenters. The molecule has 0 aliphatic carbocycles. The molecule has 0 saturated heterocycles. The number of ether oxygens (including phenoxy) is 2. The summed E-state index contributed by atoms with van der Waals surface area (Å²) in [5.41, 5.74) is 0. The molecule has 200 valence electrons. The largest absolute Gasteiger partial charge is 0.436 e. The van der Waals surface area contributed by atoms with Gasteiger partial charge in [0.25, 0.3) is 0 Å². The minimum absolute atomic E-state index is 0.289. The van der Waals surface area contributed by atoms with E-state index in [9.17, 15) is 14.7 Å². The van der Waals surface area contributed by atoms with Crippen molar-refractivity contribution in [3.05, 3.63) is 0 Å². The Hall–Kier alpha value is -1.23. The first-order valence-electron chi connectivity index (χ1n) is 14.2. The summed E-state index contributed by atoms with van der Waals surface area (Å²) in [6.07, 6.45) is 22.6. The molecular weight excluding hydrogens is 430 g/mol. The maximum atomic E-state index is 12.2. The van der Waals surface area contributed by atoms with Gasteiger partial charge in [-0.1, -0.05) is 123 Å².